The van der Waals surface area contributed by atoms with Gasteiger partial charge in [0, 0.05) is 4.88 Å². The van der Waals surface area contributed by atoms with E-state index in [9.17, 15) is 9.59 Å². The highest BCUT2D eigenvalue weighted by Gasteiger charge is 2.20. The van der Waals surface area contributed by atoms with Gasteiger partial charge in [0.15, 0.2) is 6.61 Å². The number of carbonyl (C=O) groups is 2. The van der Waals surface area contributed by atoms with Crippen molar-refractivity contribution in [1.29, 1.82) is 0 Å². The molecule has 3 rings (SSSR count). The van der Waals surface area contributed by atoms with E-state index in [2.05, 4.69) is 12.2 Å². The number of nitrogens with one attached hydrogen (secondary N) is 1. The number of carbonyl (C=O) groups excluding carboxylic acids is 2. The maximum atomic E-state index is 12.4. The fourth-order valence-corrected chi connectivity index (χ4v) is 3.82. The predicted molar refractivity (Wildman–Crippen MR) is 116 cm³/mol. The minimum atomic E-state index is -0.460. The first-order chi connectivity index (χ1) is 14.1. The molecule has 6 heteroatoms. The Morgan fingerprint density at radius 2 is 1.79 bits per heavy atom. The molecule has 0 unspecified atom stereocenters. The van der Waals surface area contributed by atoms with E-state index in [-0.39, 0.29) is 19.1 Å². The maximum absolute atomic E-state index is 12.4. The van der Waals surface area contributed by atoms with Gasteiger partial charge in [-0.15, -0.1) is 11.3 Å². The minimum absolute atomic E-state index is 0.145. The van der Waals surface area contributed by atoms with Crippen LogP contribution < -0.4 is 10.1 Å². The van der Waals surface area contributed by atoms with Gasteiger partial charge < -0.3 is 14.8 Å². The lowest BCUT2D eigenvalue weighted by atomic mass is 10.1. The summed E-state index contributed by atoms with van der Waals surface area (Å²) in [7, 11) is 0. The Bertz CT molecular complexity index is 982. The van der Waals surface area contributed by atoms with E-state index in [1.807, 2.05) is 54.6 Å². The van der Waals surface area contributed by atoms with Gasteiger partial charge in [0.05, 0.1) is 12.2 Å². The fourth-order valence-electron chi connectivity index (χ4n) is 2.76. The van der Waals surface area contributed by atoms with Crippen molar-refractivity contribution in [2.45, 2.75) is 20.3 Å². The molecule has 3 aromatic rings. The van der Waals surface area contributed by atoms with Crippen LogP contribution in [0.2, 0.25) is 0 Å². The standard InChI is InChI=1S/C23H23NO4S/c1-3-16-9-8-12-18(13-16)28-15-21(25)24-22-19(23(26)27-4-2)14-20(29-22)17-10-6-5-7-11-17/h5-14H,3-4,15H2,1-2H3,(H,24,25). The molecule has 0 saturated carbocycles. The molecule has 1 amide bonds. The quantitative estimate of drug-likeness (QED) is 0.521. The molecule has 0 atom stereocenters. The second-order valence-electron chi connectivity index (χ2n) is 6.28. The minimum Gasteiger partial charge on any atom is -0.484 e. The predicted octanol–water partition coefficient (Wildman–Crippen LogP) is 5.17. The van der Waals surface area contributed by atoms with Crippen LogP contribution in [0, 0.1) is 0 Å². The van der Waals surface area contributed by atoms with Gasteiger partial charge in [-0.2, -0.15) is 0 Å². The van der Waals surface area contributed by atoms with Crippen LogP contribution in [0.5, 0.6) is 5.75 Å². The number of anilines is 1. The van der Waals surface area contributed by atoms with Crippen LogP contribution in [0.3, 0.4) is 0 Å². The zero-order valence-corrected chi connectivity index (χ0v) is 17.3. The summed E-state index contributed by atoms with van der Waals surface area (Å²) in [5, 5.41) is 3.25. The summed E-state index contributed by atoms with van der Waals surface area (Å²) in [6.07, 6.45) is 0.893. The van der Waals surface area contributed by atoms with E-state index in [1.54, 1.807) is 13.0 Å². The first-order valence-electron chi connectivity index (χ1n) is 9.48. The molecule has 0 aliphatic rings. The lowest BCUT2D eigenvalue weighted by Crippen LogP contribution is -2.21. The number of ether oxygens (including phenoxy) is 2. The average molecular weight is 410 g/mol. The van der Waals surface area contributed by atoms with Gasteiger partial charge in [0.25, 0.3) is 5.91 Å². The average Bonchev–Trinajstić information content (AvgIpc) is 3.17. The van der Waals surface area contributed by atoms with Crippen LogP contribution in [0.4, 0.5) is 5.00 Å². The van der Waals surface area contributed by atoms with Crippen molar-refractivity contribution in [2.75, 3.05) is 18.5 Å². The Morgan fingerprint density at radius 3 is 2.52 bits per heavy atom. The zero-order chi connectivity index (χ0) is 20.6. The highest BCUT2D eigenvalue weighted by Crippen LogP contribution is 2.36. The van der Waals surface area contributed by atoms with Crippen LogP contribution in [0.1, 0.15) is 29.8 Å². The van der Waals surface area contributed by atoms with Crippen molar-refractivity contribution < 1.29 is 19.1 Å². The molecular formula is C23H23NO4S. The first kappa shape index (κ1) is 20.6. The lowest BCUT2D eigenvalue weighted by molar-refractivity contribution is -0.118. The Balaban J connectivity index is 1.74. The number of amides is 1. The third-order valence-corrected chi connectivity index (χ3v) is 5.31. The highest BCUT2D eigenvalue weighted by atomic mass is 32.1. The van der Waals surface area contributed by atoms with E-state index in [4.69, 9.17) is 9.47 Å². The first-order valence-corrected chi connectivity index (χ1v) is 10.3. The van der Waals surface area contributed by atoms with E-state index in [0.717, 1.165) is 22.4 Å². The van der Waals surface area contributed by atoms with Crippen LogP contribution in [-0.4, -0.2) is 25.1 Å². The summed E-state index contributed by atoms with van der Waals surface area (Å²) in [5.74, 6) is -0.155. The van der Waals surface area contributed by atoms with Crippen LogP contribution in [0.15, 0.2) is 60.7 Å². The number of hydrogen-bond donors (Lipinski definition) is 1. The number of benzene rings is 2. The molecule has 0 fully saturated rings. The van der Waals surface area contributed by atoms with Crippen molar-refractivity contribution >= 4 is 28.2 Å². The molecule has 5 nitrogen and oxygen atoms in total. The Labute approximate surface area is 174 Å². The molecule has 29 heavy (non-hydrogen) atoms. The summed E-state index contributed by atoms with van der Waals surface area (Å²) >= 11 is 1.33. The molecule has 0 bridgehead atoms. The van der Waals surface area contributed by atoms with Crippen molar-refractivity contribution in [1.82, 2.24) is 0 Å². The summed E-state index contributed by atoms with van der Waals surface area (Å²) in [6.45, 7) is 3.93. The van der Waals surface area contributed by atoms with Crippen LogP contribution in [0.25, 0.3) is 10.4 Å². The smallest absolute Gasteiger partial charge is 0.341 e. The lowest BCUT2D eigenvalue weighted by Gasteiger charge is -2.08. The zero-order valence-electron chi connectivity index (χ0n) is 16.4. The maximum Gasteiger partial charge on any atom is 0.341 e. The van der Waals surface area contributed by atoms with Crippen molar-refractivity contribution in [3.8, 4) is 16.2 Å². The summed E-state index contributed by atoms with van der Waals surface area (Å²) < 4.78 is 10.7. The Morgan fingerprint density at radius 1 is 1.00 bits per heavy atom. The summed E-state index contributed by atoms with van der Waals surface area (Å²) in [4.78, 5) is 25.7. The van der Waals surface area contributed by atoms with E-state index in [0.29, 0.717) is 16.3 Å². The highest BCUT2D eigenvalue weighted by molar-refractivity contribution is 7.20. The summed E-state index contributed by atoms with van der Waals surface area (Å²) in [6, 6.07) is 19.1. The van der Waals surface area contributed by atoms with Crippen LogP contribution >= 0.6 is 11.3 Å². The number of hydrogen-bond acceptors (Lipinski definition) is 5. The van der Waals surface area contributed by atoms with E-state index >= 15 is 0 Å². The molecule has 2 aromatic carbocycles. The molecule has 0 saturated heterocycles. The number of esters is 1. The molecular weight excluding hydrogens is 386 g/mol. The molecule has 0 radical (unpaired) electrons. The van der Waals surface area contributed by atoms with Gasteiger partial charge in [-0.05, 0) is 42.7 Å². The van der Waals surface area contributed by atoms with Crippen molar-refractivity contribution in [3.05, 3.63) is 71.8 Å². The van der Waals surface area contributed by atoms with Crippen LogP contribution in [-0.2, 0) is 16.0 Å². The Kier molecular flexibility index (Phi) is 7.03. The fraction of sp³-hybridized carbons (Fsp3) is 0.217. The molecule has 0 aliphatic heterocycles. The third-order valence-electron chi connectivity index (χ3n) is 4.22. The monoisotopic (exact) mass is 409 g/mol. The van der Waals surface area contributed by atoms with Gasteiger partial charge in [-0.25, -0.2) is 4.79 Å². The molecule has 1 aromatic heterocycles. The van der Waals surface area contributed by atoms with E-state index in [1.165, 1.54) is 11.3 Å². The molecule has 150 valence electrons. The number of aryl methyl sites for hydroxylation is 1. The van der Waals surface area contributed by atoms with Crippen molar-refractivity contribution in [2.24, 2.45) is 0 Å². The van der Waals surface area contributed by atoms with Gasteiger partial charge in [0.1, 0.15) is 10.8 Å². The molecule has 1 heterocycles. The van der Waals surface area contributed by atoms with Gasteiger partial charge in [-0.1, -0.05) is 49.4 Å². The SMILES string of the molecule is CCOC(=O)c1cc(-c2ccccc2)sc1NC(=O)COc1cccc(CC)c1. The topological polar surface area (TPSA) is 64.6 Å². The van der Waals surface area contributed by atoms with Gasteiger partial charge >= 0.3 is 5.97 Å². The Hall–Kier alpha value is -3.12. The van der Waals surface area contributed by atoms with Gasteiger partial charge in [0.2, 0.25) is 0 Å². The van der Waals surface area contributed by atoms with Crippen molar-refractivity contribution in [3.63, 3.8) is 0 Å². The van der Waals surface area contributed by atoms with E-state index < -0.39 is 5.97 Å². The largest absolute Gasteiger partial charge is 0.484 e. The molecule has 0 aliphatic carbocycles. The number of rotatable bonds is 8. The number of thiophene rings is 1. The normalized spacial score (nSPS) is 10.4. The molecule has 1 N–H and O–H groups in total. The second kappa shape index (κ2) is 9.89. The third kappa shape index (κ3) is 5.45. The summed E-state index contributed by atoms with van der Waals surface area (Å²) in [5.41, 5.74) is 2.45. The molecule has 0 spiro atoms. The second-order valence-corrected chi connectivity index (χ2v) is 7.33. The van der Waals surface area contributed by atoms with Gasteiger partial charge in [-0.3, -0.25) is 4.79 Å².